The molecule has 0 atom stereocenters. The van der Waals surface area contributed by atoms with Gasteiger partial charge >= 0.3 is 5.63 Å². The number of hydrogen-bond acceptors (Lipinski definition) is 5. The molecule has 6 heteroatoms. The highest BCUT2D eigenvalue weighted by Gasteiger charge is 2.20. The second-order valence-electron chi connectivity index (χ2n) is 8.83. The summed E-state index contributed by atoms with van der Waals surface area (Å²) in [6, 6.07) is 13.6. The molecule has 6 nitrogen and oxygen atoms in total. The van der Waals surface area contributed by atoms with E-state index in [1.54, 1.807) is 13.2 Å². The highest BCUT2D eigenvalue weighted by Crippen LogP contribution is 2.24. The van der Waals surface area contributed by atoms with Gasteiger partial charge in [0.2, 0.25) is 5.91 Å². The average molecular weight is 449 g/mol. The van der Waals surface area contributed by atoms with Crippen LogP contribution in [-0.2, 0) is 17.8 Å². The quantitative estimate of drug-likeness (QED) is 0.532. The predicted octanol–water partition coefficient (Wildman–Crippen LogP) is 4.09. The van der Waals surface area contributed by atoms with Crippen LogP contribution >= 0.6 is 0 Å². The van der Waals surface area contributed by atoms with Crippen LogP contribution < -0.4 is 10.4 Å². The minimum absolute atomic E-state index is 0.199. The molecule has 0 unspecified atom stereocenters. The Hall–Kier alpha value is -3.12. The first kappa shape index (κ1) is 23.1. The van der Waals surface area contributed by atoms with E-state index in [4.69, 9.17) is 9.15 Å². The molecular formula is C27H32N2O4. The molecule has 0 saturated carbocycles. The maximum atomic E-state index is 12.8. The minimum atomic E-state index is -0.309. The summed E-state index contributed by atoms with van der Waals surface area (Å²) >= 11 is 0. The molecule has 1 aromatic heterocycles. The Labute approximate surface area is 194 Å². The van der Waals surface area contributed by atoms with Crippen molar-refractivity contribution in [2.75, 3.05) is 33.3 Å². The molecule has 1 fully saturated rings. The molecule has 0 aliphatic carbocycles. The van der Waals surface area contributed by atoms with Crippen molar-refractivity contribution in [2.45, 2.75) is 39.7 Å². The minimum Gasteiger partial charge on any atom is -0.497 e. The standard InChI is InChI=1S/C27H32N2O4/c1-19-5-11-24-22(17-26(31)33-27(24)20(19)2)18-28-13-4-14-29(16-15-28)25(30)12-8-21-6-9-23(32-3)10-7-21/h5-7,9-11,17H,4,8,12-16,18H2,1-3H3. The molecule has 4 rings (SSSR count). The van der Waals surface area contributed by atoms with Crippen molar-refractivity contribution in [3.05, 3.63) is 75.1 Å². The summed E-state index contributed by atoms with van der Waals surface area (Å²) in [5.74, 6) is 1.02. The van der Waals surface area contributed by atoms with Gasteiger partial charge in [0.05, 0.1) is 7.11 Å². The number of nitrogens with zero attached hydrogens (tertiary/aromatic N) is 2. The van der Waals surface area contributed by atoms with E-state index < -0.39 is 0 Å². The van der Waals surface area contributed by atoms with Crippen LogP contribution in [0.2, 0.25) is 0 Å². The number of hydrogen-bond donors (Lipinski definition) is 0. The van der Waals surface area contributed by atoms with E-state index in [0.717, 1.165) is 65.9 Å². The number of ether oxygens (including phenoxy) is 1. The third kappa shape index (κ3) is 5.45. The maximum absolute atomic E-state index is 12.8. The van der Waals surface area contributed by atoms with Crippen molar-refractivity contribution in [1.82, 2.24) is 9.80 Å². The molecule has 0 spiro atoms. The highest BCUT2D eigenvalue weighted by molar-refractivity contribution is 5.84. The molecule has 3 aromatic rings. The number of carbonyl (C=O) groups is 1. The summed E-state index contributed by atoms with van der Waals surface area (Å²) in [6.07, 6.45) is 2.16. The number of amides is 1. The van der Waals surface area contributed by atoms with Crippen molar-refractivity contribution >= 4 is 16.9 Å². The molecule has 174 valence electrons. The van der Waals surface area contributed by atoms with E-state index >= 15 is 0 Å². The lowest BCUT2D eigenvalue weighted by molar-refractivity contribution is -0.131. The number of fused-ring (bicyclic) bond motifs is 1. The number of methoxy groups -OCH3 is 1. The summed E-state index contributed by atoms with van der Waals surface area (Å²) in [5.41, 5.74) is 4.63. The number of aryl methyl sites for hydroxylation is 3. The highest BCUT2D eigenvalue weighted by atomic mass is 16.5. The van der Waals surface area contributed by atoms with Gasteiger partial charge in [-0.25, -0.2) is 4.79 Å². The van der Waals surface area contributed by atoms with Crippen molar-refractivity contribution in [1.29, 1.82) is 0 Å². The van der Waals surface area contributed by atoms with Crippen molar-refractivity contribution in [3.8, 4) is 5.75 Å². The largest absolute Gasteiger partial charge is 0.497 e. The topological polar surface area (TPSA) is 63.0 Å². The maximum Gasteiger partial charge on any atom is 0.336 e. The summed E-state index contributed by atoms with van der Waals surface area (Å²) in [7, 11) is 1.65. The Morgan fingerprint density at radius 1 is 1.03 bits per heavy atom. The second-order valence-corrected chi connectivity index (χ2v) is 8.83. The third-order valence-corrected chi connectivity index (χ3v) is 6.64. The van der Waals surface area contributed by atoms with Gasteiger partial charge < -0.3 is 14.1 Å². The van der Waals surface area contributed by atoms with Crippen LogP contribution in [0, 0.1) is 13.8 Å². The van der Waals surface area contributed by atoms with Crippen LogP contribution in [0.25, 0.3) is 11.0 Å². The molecule has 2 aromatic carbocycles. The fraction of sp³-hybridized carbons (Fsp3) is 0.407. The first-order valence-electron chi connectivity index (χ1n) is 11.6. The van der Waals surface area contributed by atoms with E-state index in [1.165, 1.54) is 0 Å². The van der Waals surface area contributed by atoms with Gasteiger partial charge in [0.15, 0.2) is 0 Å². The fourth-order valence-corrected chi connectivity index (χ4v) is 4.48. The summed E-state index contributed by atoms with van der Waals surface area (Å²) in [6.45, 7) is 7.86. The predicted molar refractivity (Wildman–Crippen MR) is 130 cm³/mol. The summed E-state index contributed by atoms with van der Waals surface area (Å²) < 4.78 is 10.7. The van der Waals surface area contributed by atoms with Crippen molar-refractivity contribution in [3.63, 3.8) is 0 Å². The van der Waals surface area contributed by atoms with Crippen LogP contribution in [0.15, 0.2) is 51.7 Å². The Morgan fingerprint density at radius 3 is 2.58 bits per heavy atom. The number of rotatable bonds is 6. The molecule has 2 heterocycles. The molecule has 1 amide bonds. The molecule has 33 heavy (non-hydrogen) atoms. The molecule has 1 aliphatic heterocycles. The molecular weight excluding hydrogens is 416 g/mol. The van der Waals surface area contributed by atoms with Gasteiger partial charge in [-0.2, -0.15) is 0 Å². The smallest absolute Gasteiger partial charge is 0.336 e. The number of carbonyl (C=O) groups excluding carboxylic acids is 1. The van der Waals surface area contributed by atoms with Crippen LogP contribution in [0.1, 0.15) is 35.1 Å². The van der Waals surface area contributed by atoms with Gasteiger partial charge in [-0.15, -0.1) is 0 Å². The van der Waals surface area contributed by atoms with E-state index in [9.17, 15) is 9.59 Å². The van der Waals surface area contributed by atoms with Gasteiger partial charge in [-0.1, -0.05) is 24.3 Å². The van der Waals surface area contributed by atoms with E-state index in [0.29, 0.717) is 25.1 Å². The first-order valence-corrected chi connectivity index (χ1v) is 11.6. The molecule has 1 aliphatic rings. The van der Waals surface area contributed by atoms with E-state index in [-0.39, 0.29) is 11.5 Å². The van der Waals surface area contributed by atoms with Gasteiger partial charge in [0, 0.05) is 50.6 Å². The summed E-state index contributed by atoms with van der Waals surface area (Å²) in [4.78, 5) is 29.3. The molecule has 0 radical (unpaired) electrons. The molecule has 0 bridgehead atoms. The van der Waals surface area contributed by atoms with Crippen LogP contribution in [0.4, 0.5) is 0 Å². The molecule has 0 N–H and O–H groups in total. The fourth-order valence-electron chi connectivity index (χ4n) is 4.48. The zero-order chi connectivity index (χ0) is 23.4. The third-order valence-electron chi connectivity index (χ3n) is 6.64. The van der Waals surface area contributed by atoms with Crippen molar-refractivity contribution in [2.24, 2.45) is 0 Å². The van der Waals surface area contributed by atoms with Crippen LogP contribution in [0.5, 0.6) is 5.75 Å². The van der Waals surface area contributed by atoms with E-state index in [1.807, 2.05) is 49.1 Å². The Balaban J connectivity index is 1.38. The normalized spacial score (nSPS) is 14.9. The van der Waals surface area contributed by atoms with Crippen LogP contribution in [0.3, 0.4) is 0 Å². The average Bonchev–Trinajstić information content (AvgIpc) is 3.06. The Kier molecular flexibility index (Phi) is 7.14. The lowest BCUT2D eigenvalue weighted by Crippen LogP contribution is -2.35. The van der Waals surface area contributed by atoms with Gasteiger partial charge in [-0.3, -0.25) is 9.69 Å². The number of benzene rings is 2. The SMILES string of the molecule is COc1ccc(CCC(=O)N2CCCN(Cc3cc(=O)oc4c(C)c(C)ccc34)CC2)cc1. The Morgan fingerprint density at radius 2 is 1.82 bits per heavy atom. The second kappa shape index (κ2) is 10.2. The zero-order valence-electron chi connectivity index (χ0n) is 19.7. The monoisotopic (exact) mass is 448 g/mol. The lowest BCUT2D eigenvalue weighted by atomic mass is 10.0. The first-order chi connectivity index (χ1) is 15.9. The lowest BCUT2D eigenvalue weighted by Gasteiger charge is -2.22. The van der Waals surface area contributed by atoms with Gasteiger partial charge in [0.1, 0.15) is 11.3 Å². The van der Waals surface area contributed by atoms with Crippen molar-refractivity contribution < 1.29 is 13.9 Å². The van der Waals surface area contributed by atoms with Gasteiger partial charge in [-0.05, 0) is 61.1 Å². The molecule has 1 saturated heterocycles. The van der Waals surface area contributed by atoms with E-state index in [2.05, 4.69) is 11.0 Å². The van der Waals surface area contributed by atoms with Gasteiger partial charge in [0.25, 0.3) is 0 Å². The summed E-state index contributed by atoms with van der Waals surface area (Å²) in [5, 5.41) is 0.995. The zero-order valence-corrected chi connectivity index (χ0v) is 19.7. The van der Waals surface area contributed by atoms with Crippen LogP contribution in [-0.4, -0.2) is 49.0 Å². The Bertz CT molecular complexity index is 1180.